The van der Waals surface area contributed by atoms with Gasteiger partial charge in [-0.3, -0.25) is 4.79 Å². The fraction of sp³-hybridized carbons (Fsp3) is 0.346. The van der Waals surface area contributed by atoms with Crippen LogP contribution in [-0.4, -0.2) is 53.2 Å². The summed E-state index contributed by atoms with van der Waals surface area (Å²) in [7, 11) is 0. The number of alkyl carbamates (subject to hydrolysis) is 1. The second-order valence-electron chi connectivity index (χ2n) is 9.53. The summed E-state index contributed by atoms with van der Waals surface area (Å²) in [4.78, 5) is 37.9. The highest BCUT2D eigenvalue weighted by Gasteiger charge is 2.68. The first-order chi connectivity index (χ1) is 15.8. The van der Waals surface area contributed by atoms with E-state index >= 15 is 0 Å². The fourth-order valence-electron chi connectivity index (χ4n) is 5.79. The molecule has 4 aliphatic rings. The van der Waals surface area contributed by atoms with Crippen LogP contribution in [0.1, 0.15) is 36.8 Å². The highest BCUT2D eigenvalue weighted by Crippen LogP contribution is 2.59. The maximum Gasteiger partial charge on any atom is 0.407 e. The third kappa shape index (κ3) is 3.48. The predicted octanol–water partition coefficient (Wildman–Crippen LogP) is 3.55. The van der Waals surface area contributed by atoms with Crippen molar-refractivity contribution in [3.63, 3.8) is 0 Å². The van der Waals surface area contributed by atoms with Gasteiger partial charge in [0.25, 0.3) is 0 Å². The van der Waals surface area contributed by atoms with Gasteiger partial charge < -0.3 is 20.1 Å². The van der Waals surface area contributed by atoms with Crippen LogP contribution in [0.4, 0.5) is 4.79 Å². The number of ether oxygens (including phenoxy) is 1. The molecule has 0 aromatic heterocycles. The van der Waals surface area contributed by atoms with E-state index < -0.39 is 17.6 Å². The molecule has 6 rings (SSSR count). The molecule has 2 aliphatic carbocycles. The van der Waals surface area contributed by atoms with Crippen LogP contribution >= 0.6 is 0 Å². The number of hydrogen-bond acceptors (Lipinski definition) is 4. The Labute approximate surface area is 192 Å². The van der Waals surface area contributed by atoms with Crippen molar-refractivity contribution in [2.75, 3.05) is 19.7 Å². The largest absolute Gasteiger partial charge is 0.479 e. The number of nitrogens with one attached hydrogen (secondary N) is 1. The number of amides is 2. The maximum atomic E-state index is 12.5. The Morgan fingerprint density at radius 1 is 1.09 bits per heavy atom. The number of carboxylic acids is 1. The minimum Gasteiger partial charge on any atom is -0.479 e. The molecular weight excluding hydrogens is 420 g/mol. The summed E-state index contributed by atoms with van der Waals surface area (Å²) < 4.78 is 5.47. The summed E-state index contributed by atoms with van der Waals surface area (Å²) in [6, 6.07) is 16.2. The Bertz CT molecular complexity index is 1120. The molecule has 2 bridgehead atoms. The number of carbonyl (C=O) groups excluding carboxylic acids is 2. The molecule has 0 unspecified atom stereocenters. The number of aliphatic carboxylic acids is 1. The normalized spacial score (nSPS) is 24.8. The number of nitrogens with zero attached hydrogens (tertiary/aromatic N) is 1. The Morgan fingerprint density at radius 3 is 2.30 bits per heavy atom. The lowest BCUT2D eigenvalue weighted by Gasteiger charge is -2.42. The number of rotatable bonds is 6. The van der Waals surface area contributed by atoms with E-state index in [0.29, 0.717) is 19.4 Å². The zero-order valence-electron chi connectivity index (χ0n) is 18.4. The standard InChI is InChI=1S/C26H26N2O5/c1-25-14-26(15-25,23(30)31)28(16-25)22(29)11-6-12-27-24(32)33-13-21-19-9-4-2-7-17(19)18-8-3-5-10-20(18)21/h2-11,21H,12-16H2,1H3,(H,27,32)(H,30,31)/b11-6+. The third-order valence-corrected chi connectivity index (χ3v) is 7.13. The molecule has 7 heteroatoms. The molecule has 33 heavy (non-hydrogen) atoms. The van der Waals surface area contributed by atoms with Gasteiger partial charge in [-0.25, -0.2) is 9.59 Å². The Morgan fingerprint density at radius 2 is 1.70 bits per heavy atom. The second-order valence-corrected chi connectivity index (χ2v) is 9.53. The molecular formula is C26H26N2O5. The molecule has 2 heterocycles. The van der Waals surface area contributed by atoms with Gasteiger partial charge in [0.15, 0.2) is 0 Å². The summed E-state index contributed by atoms with van der Waals surface area (Å²) in [5, 5.41) is 12.2. The lowest BCUT2D eigenvalue weighted by molar-refractivity contribution is -0.158. The highest BCUT2D eigenvalue weighted by molar-refractivity contribution is 5.95. The van der Waals surface area contributed by atoms with Crippen molar-refractivity contribution in [2.45, 2.75) is 31.2 Å². The molecule has 3 fully saturated rings. The molecule has 2 saturated heterocycles. The fourth-order valence-corrected chi connectivity index (χ4v) is 5.79. The molecule has 1 saturated carbocycles. The van der Waals surface area contributed by atoms with Crippen LogP contribution < -0.4 is 5.32 Å². The molecule has 2 N–H and O–H groups in total. The molecule has 2 aromatic carbocycles. The maximum absolute atomic E-state index is 12.5. The van der Waals surface area contributed by atoms with Crippen molar-refractivity contribution < 1.29 is 24.2 Å². The Kier molecular flexibility index (Phi) is 5.00. The van der Waals surface area contributed by atoms with Crippen molar-refractivity contribution >= 4 is 18.0 Å². The van der Waals surface area contributed by atoms with Gasteiger partial charge in [0.2, 0.25) is 5.91 Å². The van der Waals surface area contributed by atoms with Gasteiger partial charge in [0, 0.05) is 25.1 Å². The number of carboxylic acid groups (broad SMARTS) is 1. The van der Waals surface area contributed by atoms with Crippen molar-refractivity contribution in [3.05, 3.63) is 71.8 Å². The van der Waals surface area contributed by atoms with Crippen LogP contribution in [0.3, 0.4) is 0 Å². The highest BCUT2D eigenvalue weighted by atomic mass is 16.5. The summed E-state index contributed by atoms with van der Waals surface area (Å²) in [5.41, 5.74) is 3.43. The first kappa shape index (κ1) is 21.2. The van der Waals surface area contributed by atoms with Gasteiger partial charge in [-0.2, -0.15) is 0 Å². The minimum absolute atomic E-state index is 0.0181. The van der Waals surface area contributed by atoms with Crippen LogP contribution in [0.25, 0.3) is 11.1 Å². The van der Waals surface area contributed by atoms with E-state index in [2.05, 4.69) is 29.6 Å². The zero-order chi connectivity index (χ0) is 23.2. The van der Waals surface area contributed by atoms with Gasteiger partial charge in [-0.05, 0) is 40.5 Å². The lowest BCUT2D eigenvalue weighted by atomic mass is 9.63. The van der Waals surface area contributed by atoms with E-state index in [1.807, 2.05) is 31.2 Å². The second kappa shape index (κ2) is 7.76. The topological polar surface area (TPSA) is 95.9 Å². The molecule has 2 aliphatic heterocycles. The molecule has 2 aromatic rings. The van der Waals surface area contributed by atoms with Crippen LogP contribution in [0, 0.1) is 5.41 Å². The van der Waals surface area contributed by atoms with E-state index in [9.17, 15) is 19.5 Å². The average molecular weight is 447 g/mol. The SMILES string of the molecule is CC12CN(C(=O)/C=C/CNC(=O)OCC3c4ccccc4-c4ccccc43)C(C(=O)O)(C1)C2. The predicted molar refractivity (Wildman–Crippen MR) is 122 cm³/mol. The van der Waals surface area contributed by atoms with Crippen LogP contribution in [-0.2, 0) is 14.3 Å². The molecule has 170 valence electrons. The Hall–Kier alpha value is -3.61. The monoisotopic (exact) mass is 446 g/mol. The average Bonchev–Trinajstić information content (AvgIpc) is 3.39. The van der Waals surface area contributed by atoms with Crippen molar-refractivity contribution in [1.82, 2.24) is 10.2 Å². The van der Waals surface area contributed by atoms with Crippen LogP contribution in [0.2, 0.25) is 0 Å². The summed E-state index contributed by atoms with van der Waals surface area (Å²) in [6.07, 6.45) is 3.28. The number of carbonyl (C=O) groups is 3. The van der Waals surface area contributed by atoms with E-state index in [4.69, 9.17) is 4.74 Å². The number of benzene rings is 2. The third-order valence-electron chi connectivity index (χ3n) is 7.13. The van der Waals surface area contributed by atoms with E-state index in [-0.39, 0.29) is 30.4 Å². The van der Waals surface area contributed by atoms with Gasteiger partial charge in [-0.1, -0.05) is 61.5 Å². The zero-order valence-corrected chi connectivity index (χ0v) is 18.4. The molecule has 2 amide bonds. The van der Waals surface area contributed by atoms with Gasteiger partial charge in [0.05, 0.1) is 0 Å². The summed E-state index contributed by atoms with van der Waals surface area (Å²) in [6.45, 7) is 2.79. The number of hydrogen-bond donors (Lipinski definition) is 2. The molecule has 0 radical (unpaired) electrons. The first-order valence-corrected chi connectivity index (χ1v) is 11.1. The van der Waals surface area contributed by atoms with Crippen LogP contribution in [0.5, 0.6) is 0 Å². The first-order valence-electron chi connectivity index (χ1n) is 11.1. The Balaban J connectivity index is 1.14. The van der Waals surface area contributed by atoms with Crippen molar-refractivity contribution in [1.29, 1.82) is 0 Å². The lowest BCUT2D eigenvalue weighted by Crippen LogP contribution is -2.56. The van der Waals surface area contributed by atoms with Gasteiger partial charge in [-0.15, -0.1) is 0 Å². The quantitative estimate of drug-likeness (QED) is 0.662. The van der Waals surface area contributed by atoms with Gasteiger partial charge in [0.1, 0.15) is 12.1 Å². The molecule has 0 atom stereocenters. The minimum atomic E-state index is -1.07. The van der Waals surface area contributed by atoms with Crippen molar-refractivity contribution in [2.24, 2.45) is 5.41 Å². The summed E-state index contributed by atoms with van der Waals surface area (Å²) >= 11 is 0. The van der Waals surface area contributed by atoms with E-state index in [0.717, 1.165) is 22.3 Å². The van der Waals surface area contributed by atoms with Gasteiger partial charge >= 0.3 is 12.1 Å². The van der Waals surface area contributed by atoms with Crippen LogP contribution in [0.15, 0.2) is 60.7 Å². The van der Waals surface area contributed by atoms with E-state index in [1.165, 1.54) is 17.1 Å². The number of fused-ring (bicyclic) bond motifs is 4. The summed E-state index contributed by atoms with van der Waals surface area (Å²) in [5.74, 6) is -1.31. The van der Waals surface area contributed by atoms with E-state index in [1.54, 1.807) is 0 Å². The molecule has 7 nitrogen and oxygen atoms in total. The smallest absolute Gasteiger partial charge is 0.407 e. The molecule has 0 spiro atoms. The van der Waals surface area contributed by atoms with Crippen molar-refractivity contribution in [3.8, 4) is 11.1 Å².